The van der Waals surface area contributed by atoms with Crippen molar-refractivity contribution in [3.63, 3.8) is 0 Å². The lowest BCUT2D eigenvalue weighted by Crippen LogP contribution is -2.27. The van der Waals surface area contributed by atoms with E-state index in [0.717, 1.165) is 41.9 Å². The van der Waals surface area contributed by atoms with E-state index < -0.39 is 0 Å². The fourth-order valence-corrected chi connectivity index (χ4v) is 3.82. The average Bonchev–Trinajstić information content (AvgIpc) is 3.24. The van der Waals surface area contributed by atoms with E-state index in [0.29, 0.717) is 18.7 Å². The molecule has 4 heterocycles. The fourth-order valence-electron chi connectivity index (χ4n) is 3.58. The van der Waals surface area contributed by atoms with Crippen molar-refractivity contribution >= 4 is 17.5 Å². The molecular formula is C16H17ClN4O2. The zero-order chi connectivity index (χ0) is 16.3. The van der Waals surface area contributed by atoms with Crippen molar-refractivity contribution in [1.82, 2.24) is 19.2 Å². The van der Waals surface area contributed by atoms with Crippen LogP contribution in [0.4, 0.5) is 0 Å². The number of amides is 1. The van der Waals surface area contributed by atoms with Gasteiger partial charge in [0.2, 0.25) is 0 Å². The summed E-state index contributed by atoms with van der Waals surface area (Å²) in [6.45, 7) is 3.64. The van der Waals surface area contributed by atoms with Crippen molar-refractivity contribution in [3.8, 4) is 0 Å². The molecule has 7 heteroatoms. The number of nitrogens with zero attached hydrogens (tertiary/aromatic N) is 4. The van der Waals surface area contributed by atoms with E-state index in [2.05, 4.69) is 5.10 Å². The van der Waals surface area contributed by atoms with E-state index in [9.17, 15) is 9.59 Å². The molecule has 6 nitrogen and oxygen atoms in total. The van der Waals surface area contributed by atoms with Gasteiger partial charge in [-0.2, -0.15) is 5.10 Å². The molecule has 0 unspecified atom stereocenters. The lowest BCUT2D eigenvalue weighted by molar-refractivity contribution is 0.0748. The largest absolute Gasteiger partial charge is 0.328 e. The summed E-state index contributed by atoms with van der Waals surface area (Å²) in [6, 6.07) is 0. The first-order valence-corrected chi connectivity index (χ1v) is 8.07. The van der Waals surface area contributed by atoms with Gasteiger partial charge in [-0.3, -0.25) is 14.3 Å². The summed E-state index contributed by atoms with van der Waals surface area (Å²) in [5.74, 6) is -0.0210. The number of hydrogen-bond acceptors (Lipinski definition) is 3. The monoisotopic (exact) mass is 332 g/mol. The normalized spacial score (nSPS) is 15.9. The Bertz CT molecular complexity index is 896. The van der Waals surface area contributed by atoms with E-state index in [1.54, 1.807) is 22.7 Å². The van der Waals surface area contributed by atoms with Gasteiger partial charge in [-0.15, -0.1) is 0 Å². The number of halogens is 1. The number of rotatable bonds is 1. The molecule has 0 atom stereocenters. The van der Waals surface area contributed by atoms with Crippen LogP contribution in [0.3, 0.4) is 0 Å². The van der Waals surface area contributed by atoms with Crippen LogP contribution in [-0.2, 0) is 33.1 Å². The number of aromatic nitrogens is 3. The van der Waals surface area contributed by atoms with Gasteiger partial charge in [0.1, 0.15) is 5.02 Å². The van der Waals surface area contributed by atoms with Gasteiger partial charge in [-0.25, -0.2) is 0 Å². The van der Waals surface area contributed by atoms with Gasteiger partial charge in [0.05, 0.1) is 24.0 Å². The molecule has 0 spiro atoms. The second-order valence-corrected chi connectivity index (χ2v) is 6.60. The molecule has 0 fully saturated rings. The molecule has 4 rings (SSSR count). The van der Waals surface area contributed by atoms with Gasteiger partial charge >= 0.3 is 0 Å². The van der Waals surface area contributed by atoms with Crippen LogP contribution in [0, 0.1) is 6.92 Å². The maximum Gasteiger partial charge on any atom is 0.269 e. The number of carbonyl (C=O) groups excluding carboxylic acids is 1. The van der Waals surface area contributed by atoms with Crippen LogP contribution >= 0.6 is 11.6 Å². The Hall–Kier alpha value is -2.08. The Balaban J connectivity index is 1.71. The van der Waals surface area contributed by atoms with Gasteiger partial charge in [0.15, 0.2) is 0 Å². The van der Waals surface area contributed by atoms with Crippen LogP contribution in [0.15, 0.2) is 11.0 Å². The topological polar surface area (TPSA) is 60.1 Å². The highest BCUT2D eigenvalue weighted by Crippen LogP contribution is 2.30. The highest BCUT2D eigenvalue weighted by Gasteiger charge is 2.32. The molecule has 120 valence electrons. The maximum atomic E-state index is 12.9. The Morgan fingerprint density at radius 3 is 2.87 bits per heavy atom. The number of hydrogen-bond donors (Lipinski definition) is 0. The number of carbonyl (C=O) groups is 1. The molecule has 1 amide bonds. The maximum absolute atomic E-state index is 12.9. The first-order chi connectivity index (χ1) is 11.0. The number of fused-ring (bicyclic) bond motifs is 2. The predicted octanol–water partition coefficient (Wildman–Crippen LogP) is 1.65. The van der Waals surface area contributed by atoms with E-state index in [1.165, 1.54) is 0 Å². The third-order valence-corrected chi connectivity index (χ3v) is 5.41. The second kappa shape index (κ2) is 4.96. The summed E-state index contributed by atoms with van der Waals surface area (Å²) in [4.78, 5) is 26.8. The van der Waals surface area contributed by atoms with E-state index >= 15 is 0 Å². The van der Waals surface area contributed by atoms with Gasteiger partial charge < -0.3 is 9.47 Å². The van der Waals surface area contributed by atoms with Gasteiger partial charge in [0, 0.05) is 25.8 Å². The molecule has 2 aliphatic heterocycles. The zero-order valence-corrected chi connectivity index (χ0v) is 13.9. The minimum absolute atomic E-state index is 0.0210. The minimum Gasteiger partial charge on any atom is -0.328 e. The Morgan fingerprint density at radius 1 is 1.30 bits per heavy atom. The molecule has 0 N–H and O–H groups in total. The first-order valence-electron chi connectivity index (χ1n) is 7.70. The molecule has 2 aromatic rings. The van der Waals surface area contributed by atoms with Crippen molar-refractivity contribution in [1.29, 1.82) is 0 Å². The molecule has 0 radical (unpaired) electrons. The van der Waals surface area contributed by atoms with Gasteiger partial charge in [-0.05, 0) is 30.9 Å². The zero-order valence-electron chi connectivity index (χ0n) is 13.1. The van der Waals surface area contributed by atoms with Crippen LogP contribution in [0.2, 0.25) is 5.02 Å². The summed E-state index contributed by atoms with van der Waals surface area (Å²) in [5, 5.41) is 4.54. The Labute approximate surface area is 138 Å². The van der Waals surface area contributed by atoms with Crippen LogP contribution < -0.4 is 5.56 Å². The molecule has 0 saturated heterocycles. The molecule has 0 bridgehead atoms. The number of pyridine rings is 1. The first kappa shape index (κ1) is 14.5. The average molecular weight is 333 g/mol. The predicted molar refractivity (Wildman–Crippen MR) is 85.6 cm³/mol. The molecule has 0 aromatic carbocycles. The third-order valence-electron chi connectivity index (χ3n) is 4.97. The SMILES string of the molecule is Cc1c2c(n(C)c(=O)c1Cl)CN(C(=O)c1cnn3c1CCC3)C2. The van der Waals surface area contributed by atoms with Crippen molar-refractivity contribution in [2.75, 3.05) is 0 Å². The van der Waals surface area contributed by atoms with E-state index in [1.807, 2.05) is 11.6 Å². The summed E-state index contributed by atoms with van der Waals surface area (Å²) in [6.07, 6.45) is 3.59. The summed E-state index contributed by atoms with van der Waals surface area (Å²) in [7, 11) is 1.71. The quantitative estimate of drug-likeness (QED) is 0.797. The van der Waals surface area contributed by atoms with Crippen molar-refractivity contribution in [2.24, 2.45) is 7.05 Å². The van der Waals surface area contributed by atoms with Crippen LogP contribution in [-0.4, -0.2) is 25.2 Å². The lowest BCUT2D eigenvalue weighted by Gasteiger charge is -2.15. The summed E-state index contributed by atoms with van der Waals surface area (Å²) in [5.41, 5.74) is 4.13. The van der Waals surface area contributed by atoms with Crippen LogP contribution in [0.25, 0.3) is 0 Å². The van der Waals surface area contributed by atoms with Gasteiger partial charge in [-0.1, -0.05) is 11.6 Å². The molecule has 0 saturated carbocycles. The highest BCUT2D eigenvalue weighted by atomic mass is 35.5. The molecule has 2 aliphatic rings. The van der Waals surface area contributed by atoms with Crippen molar-refractivity contribution in [3.05, 3.63) is 49.7 Å². The molecule has 2 aromatic heterocycles. The van der Waals surface area contributed by atoms with Gasteiger partial charge in [0.25, 0.3) is 11.5 Å². The minimum atomic E-state index is -0.205. The summed E-state index contributed by atoms with van der Waals surface area (Å²) >= 11 is 6.12. The van der Waals surface area contributed by atoms with Crippen LogP contribution in [0.5, 0.6) is 0 Å². The third kappa shape index (κ3) is 1.97. The van der Waals surface area contributed by atoms with Crippen LogP contribution in [0.1, 0.15) is 39.3 Å². The molecular weight excluding hydrogens is 316 g/mol. The van der Waals surface area contributed by atoms with Crippen molar-refractivity contribution < 1.29 is 4.79 Å². The second-order valence-electron chi connectivity index (χ2n) is 6.22. The van der Waals surface area contributed by atoms with E-state index in [4.69, 9.17) is 11.6 Å². The highest BCUT2D eigenvalue weighted by molar-refractivity contribution is 6.31. The molecule has 0 aliphatic carbocycles. The smallest absolute Gasteiger partial charge is 0.269 e. The standard InChI is InChI=1S/C16H17ClN4O2/c1-9-11-7-20(8-13(11)19(2)16(23)14(9)17)15(22)10-6-18-21-5-3-4-12(10)21/h6H,3-5,7-8H2,1-2H3. The number of aryl methyl sites for hydroxylation is 1. The van der Waals surface area contributed by atoms with E-state index in [-0.39, 0.29) is 16.5 Å². The van der Waals surface area contributed by atoms with Crippen molar-refractivity contribution in [2.45, 2.75) is 39.4 Å². The Kier molecular flexibility index (Phi) is 3.13. The lowest BCUT2D eigenvalue weighted by atomic mass is 10.1. The summed E-state index contributed by atoms with van der Waals surface area (Å²) < 4.78 is 3.47. The fraction of sp³-hybridized carbons (Fsp3) is 0.438. The Morgan fingerprint density at radius 2 is 2.09 bits per heavy atom. The molecule has 23 heavy (non-hydrogen) atoms.